The first kappa shape index (κ1) is 68.8. The summed E-state index contributed by atoms with van der Waals surface area (Å²) in [6.45, 7) is 17.6. The number of fused-ring (bicyclic) bond motifs is 6. The van der Waals surface area contributed by atoms with Gasteiger partial charge in [0, 0.05) is 87.3 Å². The number of aromatic amines is 1. The Morgan fingerprint density at radius 2 is 1.42 bits per heavy atom. The largest absolute Gasteiger partial charge is 0.493 e. The molecular weight excluding hydrogens is 1270 g/mol. The molecule has 0 radical (unpaired) electrons. The molecule has 25 nitrogen and oxygen atoms in total. The number of anilines is 2. The van der Waals surface area contributed by atoms with Crippen LogP contribution in [-0.4, -0.2) is 92.1 Å². The van der Waals surface area contributed by atoms with Crippen LogP contribution in [0.3, 0.4) is 0 Å². The highest BCUT2D eigenvalue weighted by Crippen LogP contribution is 2.66. The summed E-state index contributed by atoms with van der Waals surface area (Å²) in [5, 5.41) is 3.56. The van der Waals surface area contributed by atoms with Crippen molar-refractivity contribution in [2.45, 2.75) is 201 Å². The number of aryl methyl sites for hydroxylation is 3. The second kappa shape index (κ2) is 28.5. The van der Waals surface area contributed by atoms with Gasteiger partial charge < -0.3 is 34.5 Å². The van der Waals surface area contributed by atoms with Crippen LogP contribution >= 0.6 is 0 Å². The van der Waals surface area contributed by atoms with Crippen molar-refractivity contribution in [3.63, 3.8) is 0 Å². The Morgan fingerprint density at radius 3 is 2.11 bits per heavy atom. The number of rotatable bonds is 17. The number of methoxy groups -OCH3 is 2. The van der Waals surface area contributed by atoms with E-state index in [0.717, 1.165) is 108 Å². The number of nitrogens with one attached hydrogen (secondary N) is 2. The molecule has 6 atom stereocenters. The van der Waals surface area contributed by atoms with Crippen LogP contribution in [0.15, 0.2) is 95.7 Å². The molecule has 6 saturated carbocycles. The number of aromatic nitrogens is 15. The van der Waals surface area contributed by atoms with Gasteiger partial charge in [0.05, 0.1) is 20.5 Å². The van der Waals surface area contributed by atoms with Crippen molar-refractivity contribution >= 4 is 46.2 Å². The van der Waals surface area contributed by atoms with Gasteiger partial charge in [0.15, 0.2) is 39.9 Å². The highest BCUT2D eigenvalue weighted by molar-refractivity contribution is 5.79. The van der Waals surface area contributed by atoms with Crippen molar-refractivity contribution in [1.29, 1.82) is 0 Å². The van der Waals surface area contributed by atoms with E-state index in [1.807, 2.05) is 71.5 Å². The summed E-state index contributed by atoms with van der Waals surface area (Å²) in [7, 11) is 4.94. The second-order valence-corrected chi connectivity index (χ2v) is 28.3. The summed E-state index contributed by atoms with van der Waals surface area (Å²) in [4.78, 5) is 99.8. The monoisotopic (exact) mass is 1360 g/mol. The van der Waals surface area contributed by atoms with E-state index in [0.29, 0.717) is 102 Å². The van der Waals surface area contributed by atoms with Gasteiger partial charge in [0.1, 0.15) is 40.2 Å². The lowest BCUT2D eigenvalue weighted by Crippen LogP contribution is -2.40. The van der Waals surface area contributed by atoms with Crippen LogP contribution in [0, 0.1) is 29.6 Å². The molecule has 25 heteroatoms. The van der Waals surface area contributed by atoms with E-state index in [2.05, 4.69) is 57.9 Å². The minimum atomic E-state index is -0.337. The van der Waals surface area contributed by atoms with E-state index in [4.69, 9.17) is 34.6 Å². The number of hydrogen-bond acceptors (Lipinski definition) is 17. The van der Waals surface area contributed by atoms with Crippen LogP contribution in [0.2, 0.25) is 0 Å². The summed E-state index contributed by atoms with van der Waals surface area (Å²) in [5.74, 6) is 10.3. The van der Waals surface area contributed by atoms with Crippen molar-refractivity contribution in [2.24, 2.45) is 36.6 Å². The highest BCUT2D eigenvalue weighted by atomic mass is 16.5. The van der Waals surface area contributed by atoms with E-state index in [9.17, 15) is 24.0 Å². The Balaban J connectivity index is 0.000000121. The number of nitrogens with zero attached hydrogens (tertiary/aromatic N) is 14. The molecule has 3 aliphatic heterocycles. The minimum Gasteiger partial charge on any atom is -0.493 e. The van der Waals surface area contributed by atoms with Crippen molar-refractivity contribution in [3.8, 4) is 45.6 Å². The Bertz CT molecular complexity index is 4920. The maximum atomic E-state index is 13.2. The third kappa shape index (κ3) is 12.3. The number of imidazole rings is 3. The molecule has 6 fully saturated rings. The smallest absolute Gasteiger partial charge is 0.332 e. The number of nitrogen functional groups attached to an aromatic ring is 1. The normalized spacial score (nSPS) is 22.3. The number of pyridine rings is 1. The minimum absolute atomic E-state index is 0.0613. The Hall–Kier alpha value is -9.68. The summed E-state index contributed by atoms with van der Waals surface area (Å²) < 4.78 is 27.3. The van der Waals surface area contributed by atoms with Crippen molar-refractivity contribution in [3.05, 3.63) is 143 Å². The van der Waals surface area contributed by atoms with Crippen LogP contribution in [0.25, 0.3) is 68.6 Å². The van der Waals surface area contributed by atoms with Crippen LogP contribution in [0.1, 0.15) is 168 Å². The van der Waals surface area contributed by atoms with Gasteiger partial charge in [0.2, 0.25) is 5.95 Å². The van der Waals surface area contributed by atoms with Gasteiger partial charge in [-0.3, -0.25) is 42.0 Å². The lowest BCUT2D eigenvalue weighted by atomic mass is 9.67. The third-order valence-electron chi connectivity index (χ3n) is 22.1. The van der Waals surface area contributed by atoms with Gasteiger partial charge in [-0.2, -0.15) is 0 Å². The van der Waals surface area contributed by atoms with Crippen molar-refractivity contribution in [2.75, 3.05) is 25.3 Å². The van der Waals surface area contributed by atoms with Gasteiger partial charge >= 0.3 is 17.1 Å². The molecule has 0 saturated heterocycles. The number of H-pyrrole nitrogens is 1. The second-order valence-electron chi connectivity index (χ2n) is 28.3. The Morgan fingerprint density at radius 1 is 0.700 bits per heavy atom. The molecule has 1 aromatic carbocycles. The highest BCUT2D eigenvalue weighted by Gasteiger charge is 2.60. The summed E-state index contributed by atoms with van der Waals surface area (Å²) in [6, 6.07) is 13.3. The van der Waals surface area contributed by atoms with E-state index >= 15 is 0 Å². The fourth-order valence-corrected chi connectivity index (χ4v) is 17.7. The molecule has 0 amide bonds. The van der Waals surface area contributed by atoms with Crippen LogP contribution < -0.4 is 48.7 Å². The molecule has 6 aliphatic carbocycles. The van der Waals surface area contributed by atoms with Crippen molar-refractivity contribution < 1.29 is 13.9 Å². The number of furan rings is 1. The molecule has 528 valence electrons. The fraction of sp³-hybridized carbons (Fsp3) is 0.520. The lowest BCUT2D eigenvalue weighted by molar-refractivity contribution is 0.210. The van der Waals surface area contributed by atoms with Crippen LogP contribution in [-0.2, 0) is 57.1 Å². The zero-order valence-electron chi connectivity index (χ0n) is 59.4. The maximum absolute atomic E-state index is 13.2. The molecule has 17 rings (SSSR count). The maximum Gasteiger partial charge on any atom is 0.332 e. The van der Waals surface area contributed by atoms with Gasteiger partial charge in [-0.1, -0.05) is 59.6 Å². The number of benzene rings is 1. The SMILES string of the molecule is CCCn1c(=O)c2[nH]c(C34CCCCC3CC(C)C4)nc2n(CCC)c1=O.CCCn1c2nc(C34CC5CC(CC3C5)C4)nc-2c2n(c1=O)CC(CC)N2.CCn1c(=O)c2c(nc(/C=C/c3ccc(OC)c(OC)c3)n2C)n(CC)c1=O.Nc1ncc(-c2ccncc2)c(-c2ccco2)n1. The van der Waals surface area contributed by atoms with E-state index in [1.54, 1.807) is 68.3 Å². The first-order valence-corrected chi connectivity index (χ1v) is 36.1. The van der Waals surface area contributed by atoms with E-state index in [1.165, 1.54) is 71.5 Å². The van der Waals surface area contributed by atoms with E-state index in [-0.39, 0.29) is 45.0 Å². The average Bonchev–Trinajstić information content (AvgIpc) is 1.55. The molecular formula is C75H95N17O8. The zero-order valence-corrected chi connectivity index (χ0v) is 59.4. The molecule has 4 bridgehead atoms. The van der Waals surface area contributed by atoms with Crippen LogP contribution in [0.5, 0.6) is 11.5 Å². The number of nitrogens with two attached hydrogens (primary N) is 1. The van der Waals surface area contributed by atoms with Crippen LogP contribution in [0.4, 0.5) is 11.8 Å². The third-order valence-corrected chi connectivity index (χ3v) is 22.1. The molecule has 0 spiro atoms. The quantitative estimate of drug-likeness (QED) is 0.0763. The van der Waals surface area contributed by atoms with Gasteiger partial charge in [-0.25, -0.2) is 44.3 Å². The molecule has 8 aromatic rings. The summed E-state index contributed by atoms with van der Waals surface area (Å²) in [5.41, 5.74) is 11.1. The van der Waals surface area contributed by atoms with Crippen molar-refractivity contribution in [1.82, 2.24) is 71.8 Å². The van der Waals surface area contributed by atoms with Gasteiger partial charge in [-0.05, 0) is 181 Å². The lowest BCUT2D eigenvalue weighted by Gasteiger charge is -2.37. The first-order chi connectivity index (χ1) is 48.4. The standard InChI is InChI=1S/C21H29N5O.C21H32N4O2.C20H24N4O4.C13H10N4O/c1-3-5-25-18-16(17-22-15(4-2)11-26(17)20(25)27)23-19(24-18)21-9-12-6-13(10-21)8-14(21)7-12;1-4-10-24-17-16(18(26)25(11-5-2)20(24)27)22-19(23-17)21-9-7-6-8-15(21)12-14(3)13-21;1-6-23-18-17(19(25)24(7-2)20(23)26)22(3)16(21-18)11-9-13-8-10-14(27-4)15(12-13)28-5;14-13-16-8-10(9-3-5-15-6-4-9)12(17-13)11-2-1-7-18-11/h12-15,22H,3-11H2,1-2H3;14-15H,4-13H2,1-3H3,(H,22,23);8-12H,6-7H2,1-5H3;1-8H,(H2,14,16,17)/b;;11-9+;. The Labute approximate surface area is 580 Å². The molecule has 10 heterocycles. The molecule has 100 heavy (non-hydrogen) atoms. The first-order valence-electron chi connectivity index (χ1n) is 36.1. The number of hydrogen-bond donors (Lipinski definition) is 3. The van der Waals surface area contributed by atoms with Gasteiger partial charge in [0.25, 0.3) is 11.1 Å². The number of ether oxygens (including phenoxy) is 2. The topological polar surface area (TPSA) is 296 Å². The predicted octanol–water partition coefficient (Wildman–Crippen LogP) is 11.3. The molecule has 7 aromatic heterocycles. The van der Waals surface area contributed by atoms with Gasteiger partial charge in [-0.15, -0.1) is 0 Å². The predicted molar refractivity (Wildman–Crippen MR) is 388 cm³/mol. The summed E-state index contributed by atoms with van der Waals surface area (Å²) in [6.07, 6.45) is 27.9. The van der Waals surface area contributed by atoms with E-state index < -0.39 is 0 Å². The molecule has 4 N–H and O–H groups in total. The average molecular weight is 1360 g/mol. The zero-order chi connectivity index (χ0) is 70.3. The molecule has 6 unspecified atom stereocenters. The fourth-order valence-electron chi connectivity index (χ4n) is 17.7. The summed E-state index contributed by atoms with van der Waals surface area (Å²) >= 11 is 0. The molecule has 9 aliphatic rings. The Kier molecular flexibility index (Phi) is 19.6.